The van der Waals surface area contributed by atoms with Gasteiger partial charge >= 0.3 is 0 Å². The fourth-order valence-corrected chi connectivity index (χ4v) is 10.6. The van der Waals surface area contributed by atoms with Gasteiger partial charge in [0.25, 0.3) is 0 Å². The van der Waals surface area contributed by atoms with Crippen molar-refractivity contribution in [3.8, 4) is 5.75 Å². The van der Waals surface area contributed by atoms with Gasteiger partial charge in [0.1, 0.15) is 5.75 Å². The standard InChI is InChI=1S/C34H45NO5/c1-30-11-8-24(36)20-32(30)14-15-34(26(21-32)29(37)23-4-6-25(39-3)7-5-23)27(30)9-12-31(2)28(34)10-13-33(31,38)22-35-16-18-40-19-17-35/h4-7,14-15,21,24,27-28,36,38H,8-13,16-20,22H2,1-3H3. The summed E-state index contributed by atoms with van der Waals surface area (Å²) < 4.78 is 11.0. The fraction of sp³-hybridized carbons (Fsp3) is 0.676. The smallest absolute Gasteiger partial charge is 0.189 e. The molecule has 2 bridgehead atoms. The van der Waals surface area contributed by atoms with Gasteiger partial charge in [-0.15, -0.1) is 0 Å². The second-order valence-corrected chi connectivity index (χ2v) is 14.3. The van der Waals surface area contributed by atoms with Crippen LogP contribution < -0.4 is 4.74 Å². The average Bonchev–Trinajstić information content (AvgIpc) is 3.23. The first-order valence-electron chi connectivity index (χ1n) is 15.4. The zero-order valence-electron chi connectivity index (χ0n) is 24.3. The van der Waals surface area contributed by atoms with Gasteiger partial charge in [-0.25, -0.2) is 0 Å². The maximum Gasteiger partial charge on any atom is 0.189 e. The summed E-state index contributed by atoms with van der Waals surface area (Å²) >= 11 is 0. The number of Topliss-reactive ketones (excluding diaryl/α,β-unsaturated/α-hetero) is 1. The van der Waals surface area contributed by atoms with Crippen LogP contribution in [-0.2, 0) is 4.74 Å². The van der Waals surface area contributed by atoms with Crippen LogP contribution in [0.15, 0.2) is 48.1 Å². The van der Waals surface area contributed by atoms with E-state index in [0.717, 1.165) is 76.2 Å². The maximum atomic E-state index is 14.6. The molecule has 1 aliphatic heterocycles. The topological polar surface area (TPSA) is 79.2 Å². The van der Waals surface area contributed by atoms with Crippen LogP contribution in [0.3, 0.4) is 0 Å². The molecule has 6 aliphatic carbocycles. The van der Waals surface area contributed by atoms with E-state index in [1.54, 1.807) is 7.11 Å². The van der Waals surface area contributed by atoms with Gasteiger partial charge in [-0.05, 0) is 86.5 Å². The first kappa shape index (κ1) is 26.9. The van der Waals surface area contributed by atoms with Crippen LogP contribution in [0, 0.1) is 33.5 Å². The predicted octanol–water partition coefficient (Wildman–Crippen LogP) is 4.80. The number of ether oxygens (including phenoxy) is 2. The van der Waals surface area contributed by atoms with Crippen molar-refractivity contribution >= 4 is 5.78 Å². The molecule has 0 amide bonds. The molecule has 1 saturated heterocycles. The van der Waals surface area contributed by atoms with E-state index >= 15 is 0 Å². The molecule has 40 heavy (non-hydrogen) atoms. The van der Waals surface area contributed by atoms with Gasteiger partial charge in [0, 0.05) is 47.0 Å². The molecule has 3 saturated carbocycles. The molecule has 2 spiro atoms. The SMILES string of the molecule is COc1ccc(C(=O)C2=CC34C=CC25C(CCC2(C)C5CCC2(O)CN2CCOCC2)C3(C)CCC(O)C4)cc1. The van der Waals surface area contributed by atoms with Gasteiger partial charge < -0.3 is 19.7 Å². The number of rotatable bonds is 5. The predicted molar refractivity (Wildman–Crippen MR) is 153 cm³/mol. The van der Waals surface area contributed by atoms with E-state index in [1.165, 1.54) is 0 Å². The third-order valence-corrected chi connectivity index (χ3v) is 12.9. The van der Waals surface area contributed by atoms with Crippen molar-refractivity contribution < 1.29 is 24.5 Å². The molecule has 4 fully saturated rings. The molecule has 216 valence electrons. The largest absolute Gasteiger partial charge is 0.497 e. The number of morpholine rings is 1. The number of aliphatic hydroxyl groups is 2. The minimum absolute atomic E-state index is 0.0170. The van der Waals surface area contributed by atoms with E-state index in [2.05, 4.69) is 37.0 Å². The van der Waals surface area contributed by atoms with Crippen molar-refractivity contribution in [2.45, 2.75) is 70.5 Å². The lowest BCUT2D eigenvalue weighted by Crippen LogP contribution is -2.67. The van der Waals surface area contributed by atoms with E-state index in [-0.39, 0.29) is 34.1 Å². The highest BCUT2D eigenvalue weighted by Gasteiger charge is 2.74. The Bertz CT molecular complexity index is 1250. The number of fused-ring (bicyclic) bond motifs is 1. The third kappa shape index (κ3) is 3.40. The summed E-state index contributed by atoms with van der Waals surface area (Å²) in [4.78, 5) is 17.0. The lowest BCUT2D eigenvalue weighted by atomic mass is 9.32. The number of β-amino-alcohol motifs (C(OH)–C–C–N with tert-alkyl or cyclic N) is 1. The molecule has 7 aliphatic rings. The van der Waals surface area contributed by atoms with Gasteiger partial charge in [-0.3, -0.25) is 9.69 Å². The van der Waals surface area contributed by atoms with Gasteiger partial charge in [0.2, 0.25) is 0 Å². The Balaban J connectivity index is 1.35. The highest BCUT2D eigenvalue weighted by molar-refractivity contribution is 6.10. The van der Waals surface area contributed by atoms with Crippen molar-refractivity contribution in [1.82, 2.24) is 4.90 Å². The minimum atomic E-state index is -0.799. The van der Waals surface area contributed by atoms with Gasteiger partial charge in [0.15, 0.2) is 5.78 Å². The lowest BCUT2D eigenvalue weighted by molar-refractivity contribution is -0.178. The number of carbonyl (C=O) groups excluding carboxylic acids is 1. The van der Waals surface area contributed by atoms with E-state index in [4.69, 9.17) is 9.47 Å². The van der Waals surface area contributed by atoms with Crippen LogP contribution in [0.5, 0.6) is 5.75 Å². The zero-order valence-corrected chi connectivity index (χ0v) is 24.3. The summed E-state index contributed by atoms with van der Waals surface area (Å²) in [5, 5.41) is 23.4. The fourth-order valence-electron chi connectivity index (χ4n) is 10.6. The van der Waals surface area contributed by atoms with Gasteiger partial charge in [-0.2, -0.15) is 0 Å². The molecule has 0 aromatic heterocycles. The van der Waals surface area contributed by atoms with Gasteiger partial charge in [0.05, 0.1) is 32.0 Å². The van der Waals surface area contributed by atoms with Crippen LogP contribution in [0.2, 0.25) is 0 Å². The summed E-state index contributed by atoms with van der Waals surface area (Å²) in [6.45, 7) is 8.60. The Morgan fingerprint density at radius 2 is 1.68 bits per heavy atom. The number of benzene rings is 1. The highest BCUT2D eigenvalue weighted by atomic mass is 16.5. The Morgan fingerprint density at radius 1 is 1.00 bits per heavy atom. The monoisotopic (exact) mass is 547 g/mol. The molecule has 0 radical (unpaired) electrons. The molecule has 1 heterocycles. The first-order valence-corrected chi connectivity index (χ1v) is 15.4. The van der Waals surface area contributed by atoms with Crippen LogP contribution in [-0.4, -0.2) is 72.6 Å². The molecule has 6 nitrogen and oxygen atoms in total. The number of aliphatic hydroxyl groups excluding tert-OH is 1. The van der Waals surface area contributed by atoms with Crippen molar-refractivity contribution in [2.75, 3.05) is 40.0 Å². The van der Waals surface area contributed by atoms with Crippen LogP contribution in [0.25, 0.3) is 0 Å². The van der Waals surface area contributed by atoms with Gasteiger partial charge in [-0.1, -0.05) is 32.1 Å². The van der Waals surface area contributed by atoms with E-state index in [0.29, 0.717) is 24.4 Å². The molecular formula is C34H45NO5. The summed E-state index contributed by atoms with van der Waals surface area (Å²) in [6.07, 6.45) is 12.8. The summed E-state index contributed by atoms with van der Waals surface area (Å²) in [5.74, 6) is 1.31. The minimum Gasteiger partial charge on any atom is -0.497 e. The van der Waals surface area contributed by atoms with E-state index in [9.17, 15) is 15.0 Å². The first-order chi connectivity index (χ1) is 19.1. The number of methoxy groups -OCH3 is 1. The number of ketones is 1. The molecule has 8 atom stereocenters. The quantitative estimate of drug-likeness (QED) is 0.407. The molecule has 1 aromatic rings. The summed E-state index contributed by atoms with van der Waals surface area (Å²) in [6, 6.07) is 7.51. The molecule has 6 heteroatoms. The lowest BCUT2D eigenvalue weighted by Gasteiger charge is -2.71. The van der Waals surface area contributed by atoms with Crippen LogP contribution in [0.1, 0.15) is 69.2 Å². The van der Waals surface area contributed by atoms with Crippen molar-refractivity contribution in [3.05, 3.63) is 53.6 Å². The van der Waals surface area contributed by atoms with Crippen molar-refractivity contribution in [1.29, 1.82) is 0 Å². The third-order valence-electron chi connectivity index (χ3n) is 12.9. The number of allylic oxidation sites excluding steroid dienone is 4. The summed E-state index contributed by atoms with van der Waals surface area (Å²) in [7, 11) is 1.64. The number of nitrogens with zero attached hydrogens (tertiary/aromatic N) is 1. The number of hydrogen-bond donors (Lipinski definition) is 2. The average molecular weight is 548 g/mol. The number of carbonyl (C=O) groups is 1. The van der Waals surface area contributed by atoms with Crippen molar-refractivity contribution in [3.63, 3.8) is 0 Å². The number of hydrogen-bond acceptors (Lipinski definition) is 6. The summed E-state index contributed by atoms with van der Waals surface area (Å²) in [5.41, 5.74) is -0.257. The Labute approximate surface area is 238 Å². The molecule has 8 rings (SSSR count). The molecular weight excluding hydrogens is 502 g/mol. The van der Waals surface area contributed by atoms with Crippen LogP contribution in [0.4, 0.5) is 0 Å². The Morgan fingerprint density at radius 3 is 2.40 bits per heavy atom. The van der Waals surface area contributed by atoms with Crippen molar-refractivity contribution in [2.24, 2.45) is 33.5 Å². The zero-order chi connectivity index (χ0) is 28.0. The molecule has 8 unspecified atom stereocenters. The normalized spacial score (nSPS) is 45.8. The van der Waals surface area contributed by atoms with E-state index < -0.39 is 11.0 Å². The molecule has 2 N–H and O–H groups in total. The second-order valence-electron chi connectivity index (χ2n) is 14.3. The highest BCUT2D eigenvalue weighted by Crippen LogP contribution is 2.78. The Hall–Kier alpha value is -1.99. The Kier molecular flexibility index (Phi) is 6.05. The second kappa shape index (κ2) is 9.00. The molecule has 1 aromatic carbocycles. The maximum absolute atomic E-state index is 14.6. The van der Waals surface area contributed by atoms with Crippen LogP contribution >= 0.6 is 0 Å². The van der Waals surface area contributed by atoms with E-state index in [1.807, 2.05) is 24.3 Å².